The normalized spacial score (nSPS) is 29.2. The summed E-state index contributed by atoms with van der Waals surface area (Å²) in [7, 11) is 3.34. The van der Waals surface area contributed by atoms with E-state index >= 15 is 0 Å². The molecule has 4 rings (SSSR count). The van der Waals surface area contributed by atoms with E-state index in [9.17, 15) is 19.5 Å². The predicted molar refractivity (Wildman–Crippen MR) is 150 cm³/mol. The first-order valence-corrected chi connectivity index (χ1v) is 14.2. The Balaban J connectivity index is 1.77. The number of thioether (sulfide) groups is 1. The molecule has 1 N–H and O–H groups in total. The number of benzene rings is 1. The van der Waals surface area contributed by atoms with E-state index in [0.717, 1.165) is 6.42 Å². The molecule has 3 aliphatic heterocycles. The minimum atomic E-state index is -0.715. The molecular formula is C29H39N3O5S. The third kappa shape index (κ3) is 4.53. The lowest BCUT2D eigenvalue weighted by Gasteiger charge is -2.41. The van der Waals surface area contributed by atoms with Gasteiger partial charge < -0.3 is 24.5 Å². The lowest BCUT2D eigenvalue weighted by molar-refractivity contribution is -0.143. The van der Waals surface area contributed by atoms with Crippen molar-refractivity contribution in [2.24, 2.45) is 17.8 Å². The van der Waals surface area contributed by atoms with Crippen LogP contribution in [-0.4, -0.2) is 89.1 Å². The van der Waals surface area contributed by atoms with Gasteiger partial charge in [0.15, 0.2) is 0 Å². The zero-order chi connectivity index (χ0) is 27.6. The van der Waals surface area contributed by atoms with E-state index in [1.54, 1.807) is 64.9 Å². The Morgan fingerprint density at radius 1 is 1.18 bits per heavy atom. The van der Waals surface area contributed by atoms with Crippen LogP contribution in [0.1, 0.15) is 26.2 Å². The van der Waals surface area contributed by atoms with Crippen molar-refractivity contribution in [2.75, 3.05) is 45.3 Å². The van der Waals surface area contributed by atoms with Crippen molar-refractivity contribution >= 4 is 35.2 Å². The zero-order valence-electron chi connectivity index (χ0n) is 22.5. The summed E-state index contributed by atoms with van der Waals surface area (Å²) in [6.07, 6.45) is 5.26. The highest BCUT2D eigenvalue weighted by molar-refractivity contribution is 8.02. The molecule has 2 bridgehead atoms. The van der Waals surface area contributed by atoms with E-state index in [4.69, 9.17) is 4.74 Å². The van der Waals surface area contributed by atoms with Crippen LogP contribution in [0.3, 0.4) is 0 Å². The summed E-state index contributed by atoms with van der Waals surface area (Å²) < 4.78 is 4.60. The van der Waals surface area contributed by atoms with Crippen LogP contribution in [0.2, 0.25) is 0 Å². The van der Waals surface area contributed by atoms with Crippen LogP contribution in [0.5, 0.6) is 5.75 Å². The number of amides is 3. The topological polar surface area (TPSA) is 90.4 Å². The maximum absolute atomic E-state index is 14.5. The molecule has 8 nitrogen and oxygen atoms in total. The molecule has 0 aromatic heterocycles. The fourth-order valence-electron chi connectivity index (χ4n) is 6.61. The average molecular weight is 542 g/mol. The number of likely N-dealkylation sites (N-methyl/N-ethyl adjacent to an activating group) is 1. The first-order valence-electron chi connectivity index (χ1n) is 13.3. The quantitative estimate of drug-likeness (QED) is 0.323. The number of aliphatic hydroxyl groups excluding tert-OH is 1. The Hall–Kier alpha value is -2.78. The van der Waals surface area contributed by atoms with Gasteiger partial charge in [0.1, 0.15) is 11.8 Å². The molecule has 0 saturated carbocycles. The second-order valence-electron chi connectivity index (χ2n) is 10.5. The van der Waals surface area contributed by atoms with Gasteiger partial charge in [-0.25, -0.2) is 0 Å². The van der Waals surface area contributed by atoms with Gasteiger partial charge in [-0.2, -0.15) is 0 Å². The summed E-state index contributed by atoms with van der Waals surface area (Å²) in [5.74, 6) is -0.617. The van der Waals surface area contributed by atoms with Gasteiger partial charge in [-0.3, -0.25) is 14.4 Å². The summed E-state index contributed by atoms with van der Waals surface area (Å²) in [6, 6.07) is 6.57. The van der Waals surface area contributed by atoms with Crippen molar-refractivity contribution < 1.29 is 24.2 Å². The number of hydrogen-bond donors (Lipinski definition) is 1. The Morgan fingerprint density at radius 2 is 1.87 bits per heavy atom. The highest BCUT2D eigenvalue weighted by Gasteiger charge is 2.76. The summed E-state index contributed by atoms with van der Waals surface area (Å²) in [5.41, 5.74) is 0.696. The number of fused-ring (bicyclic) bond motifs is 1. The standard InChI is InChI=1S/C29H39N3O5S/c1-6-14-30(4)26(34)23-22-18-19(3)29(38-22)24(23)27(35)32(16-8-9-17-33)25(29)28(36)31(15-7-2)20-10-12-21(37-5)13-11-20/h6-7,10-13,19,22-25,33H,1-2,8-9,14-18H2,3-5H3/t19?,22-,23+,24-,25?,29?/m0/s1. The number of carbonyl (C=O) groups excluding carboxylic acids is 3. The first kappa shape index (κ1) is 28.2. The SMILES string of the molecule is C=CCN(C)C(=O)[C@@H]1[C@@H]2CC(C)C3(S2)C(C(=O)N(CC=C)c2ccc(OC)cc2)N(CCCCO)C(=O)[C@H]13. The van der Waals surface area contributed by atoms with Gasteiger partial charge in [-0.05, 0) is 49.4 Å². The van der Waals surface area contributed by atoms with Crippen LogP contribution in [-0.2, 0) is 14.4 Å². The molecule has 3 heterocycles. The smallest absolute Gasteiger partial charge is 0.251 e. The number of methoxy groups -OCH3 is 1. The van der Waals surface area contributed by atoms with Crippen molar-refractivity contribution in [1.82, 2.24) is 9.80 Å². The van der Waals surface area contributed by atoms with Crippen molar-refractivity contribution in [2.45, 2.75) is 42.2 Å². The number of nitrogens with zero attached hydrogens (tertiary/aromatic N) is 3. The Kier molecular flexibility index (Phi) is 8.57. The fraction of sp³-hybridized carbons (Fsp3) is 0.552. The van der Waals surface area contributed by atoms with Crippen molar-refractivity contribution in [1.29, 1.82) is 0 Å². The van der Waals surface area contributed by atoms with Gasteiger partial charge in [0, 0.05) is 44.2 Å². The number of carbonyl (C=O) groups is 3. The van der Waals surface area contributed by atoms with Gasteiger partial charge >= 0.3 is 0 Å². The van der Waals surface area contributed by atoms with E-state index in [1.165, 1.54) is 0 Å². The van der Waals surface area contributed by atoms with Crippen LogP contribution >= 0.6 is 11.8 Å². The number of ether oxygens (including phenoxy) is 1. The van der Waals surface area contributed by atoms with E-state index in [-0.39, 0.29) is 42.0 Å². The third-order valence-corrected chi connectivity index (χ3v) is 10.4. The molecule has 0 aliphatic carbocycles. The average Bonchev–Trinajstić information content (AvgIpc) is 3.50. The summed E-state index contributed by atoms with van der Waals surface area (Å²) in [5, 5.41) is 9.39. The highest BCUT2D eigenvalue weighted by Crippen LogP contribution is 2.68. The van der Waals surface area contributed by atoms with E-state index in [2.05, 4.69) is 20.1 Å². The zero-order valence-corrected chi connectivity index (χ0v) is 23.4. The van der Waals surface area contributed by atoms with Gasteiger partial charge in [0.25, 0.3) is 5.91 Å². The minimum absolute atomic E-state index is 0.0116. The fourth-order valence-corrected chi connectivity index (χ4v) is 9.02. The molecule has 3 aliphatic rings. The van der Waals surface area contributed by atoms with Crippen LogP contribution in [0, 0.1) is 17.8 Å². The molecule has 6 atom stereocenters. The monoisotopic (exact) mass is 541 g/mol. The highest BCUT2D eigenvalue weighted by atomic mass is 32.2. The maximum atomic E-state index is 14.5. The minimum Gasteiger partial charge on any atom is -0.497 e. The number of aliphatic hydroxyl groups is 1. The molecule has 1 spiro atoms. The molecule has 9 heteroatoms. The van der Waals surface area contributed by atoms with Crippen LogP contribution in [0.4, 0.5) is 5.69 Å². The second-order valence-corrected chi connectivity index (χ2v) is 12.0. The van der Waals surface area contributed by atoms with Crippen molar-refractivity contribution in [3.8, 4) is 5.75 Å². The second kappa shape index (κ2) is 11.5. The lowest BCUT2D eigenvalue weighted by Crippen LogP contribution is -2.57. The maximum Gasteiger partial charge on any atom is 0.251 e. The van der Waals surface area contributed by atoms with E-state index in [0.29, 0.717) is 37.4 Å². The van der Waals surface area contributed by atoms with Crippen LogP contribution in [0.25, 0.3) is 0 Å². The predicted octanol–water partition coefficient (Wildman–Crippen LogP) is 2.97. The number of anilines is 1. The van der Waals surface area contributed by atoms with Crippen molar-refractivity contribution in [3.63, 3.8) is 0 Å². The molecule has 3 unspecified atom stereocenters. The summed E-state index contributed by atoms with van der Waals surface area (Å²) >= 11 is 1.67. The molecule has 206 valence electrons. The Bertz CT molecular complexity index is 1080. The van der Waals surface area contributed by atoms with Crippen LogP contribution in [0.15, 0.2) is 49.6 Å². The number of unbranched alkanes of at least 4 members (excludes halogenated alkanes) is 1. The molecule has 1 aromatic carbocycles. The Labute approximate surface area is 229 Å². The van der Waals surface area contributed by atoms with Crippen molar-refractivity contribution in [3.05, 3.63) is 49.6 Å². The van der Waals surface area contributed by atoms with Gasteiger partial charge in [0.2, 0.25) is 11.8 Å². The van der Waals surface area contributed by atoms with Crippen LogP contribution < -0.4 is 9.64 Å². The number of rotatable bonds is 12. The van der Waals surface area contributed by atoms with Gasteiger partial charge in [0.05, 0.1) is 23.7 Å². The molecule has 0 radical (unpaired) electrons. The molecule has 3 fully saturated rings. The summed E-state index contributed by atoms with van der Waals surface area (Å²) in [4.78, 5) is 47.4. The molecule has 1 aromatic rings. The first-order chi connectivity index (χ1) is 18.3. The van der Waals surface area contributed by atoms with Gasteiger partial charge in [-0.1, -0.05) is 19.1 Å². The molecule has 3 amide bonds. The third-order valence-electron chi connectivity index (χ3n) is 8.31. The largest absolute Gasteiger partial charge is 0.497 e. The van der Waals surface area contributed by atoms with E-state index in [1.807, 2.05) is 12.1 Å². The Morgan fingerprint density at radius 3 is 2.47 bits per heavy atom. The molecule has 38 heavy (non-hydrogen) atoms. The lowest BCUT2D eigenvalue weighted by atomic mass is 9.65. The van der Waals surface area contributed by atoms with Gasteiger partial charge in [-0.15, -0.1) is 24.9 Å². The number of hydrogen-bond acceptors (Lipinski definition) is 6. The molecular weight excluding hydrogens is 502 g/mol. The number of likely N-dealkylation sites (tertiary alicyclic amines) is 1. The molecule has 3 saturated heterocycles. The summed E-state index contributed by atoms with van der Waals surface area (Å²) in [6.45, 7) is 10.8. The van der Waals surface area contributed by atoms with E-state index < -0.39 is 22.6 Å².